The Labute approximate surface area is 146 Å². The maximum Gasteiger partial charge on any atom is 0.270 e. The number of nitro benzene ring substituents is 1. The van der Waals surface area contributed by atoms with E-state index in [4.69, 9.17) is 4.74 Å². The third-order valence-electron chi connectivity index (χ3n) is 3.41. The van der Waals surface area contributed by atoms with E-state index in [0.717, 1.165) is 12.8 Å². The van der Waals surface area contributed by atoms with Crippen molar-refractivity contribution in [2.75, 3.05) is 11.9 Å². The minimum atomic E-state index is -0.471. The van der Waals surface area contributed by atoms with Crippen molar-refractivity contribution in [2.24, 2.45) is 0 Å². The quantitative estimate of drug-likeness (QED) is 0.334. The second-order valence-corrected chi connectivity index (χ2v) is 5.37. The van der Waals surface area contributed by atoms with Gasteiger partial charge in [0.25, 0.3) is 5.69 Å². The van der Waals surface area contributed by atoms with Gasteiger partial charge in [0.2, 0.25) is 5.91 Å². The van der Waals surface area contributed by atoms with Crippen LogP contribution < -0.4 is 10.1 Å². The summed E-state index contributed by atoms with van der Waals surface area (Å²) in [7, 11) is 0. The van der Waals surface area contributed by atoms with Gasteiger partial charge < -0.3 is 10.1 Å². The van der Waals surface area contributed by atoms with Crippen LogP contribution in [-0.2, 0) is 4.79 Å². The van der Waals surface area contributed by atoms with E-state index in [1.165, 1.54) is 24.3 Å². The van der Waals surface area contributed by atoms with Crippen LogP contribution in [0.4, 0.5) is 11.4 Å². The highest BCUT2D eigenvalue weighted by molar-refractivity contribution is 6.02. The average molecular weight is 340 g/mol. The second-order valence-electron chi connectivity index (χ2n) is 5.37. The lowest BCUT2D eigenvalue weighted by molar-refractivity contribution is -0.384. The van der Waals surface area contributed by atoms with Crippen LogP contribution in [0.1, 0.15) is 25.3 Å². The van der Waals surface area contributed by atoms with Crippen LogP contribution in [-0.4, -0.2) is 17.4 Å². The molecular formula is C19H20N2O4. The van der Waals surface area contributed by atoms with Crippen molar-refractivity contribution in [2.45, 2.75) is 19.8 Å². The number of amides is 1. The minimum absolute atomic E-state index is 0.0165. The van der Waals surface area contributed by atoms with Crippen LogP contribution in [0.25, 0.3) is 6.08 Å². The first-order chi connectivity index (χ1) is 12.1. The number of benzene rings is 2. The number of hydrogen-bond donors (Lipinski definition) is 1. The van der Waals surface area contributed by atoms with Crippen molar-refractivity contribution in [3.05, 3.63) is 70.3 Å². The fraction of sp³-hybridized carbons (Fsp3) is 0.211. The van der Waals surface area contributed by atoms with Gasteiger partial charge in [0.1, 0.15) is 5.75 Å². The van der Waals surface area contributed by atoms with Gasteiger partial charge >= 0.3 is 0 Å². The van der Waals surface area contributed by atoms with E-state index >= 15 is 0 Å². The number of para-hydroxylation sites is 2. The van der Waals surface area contributed by atoms with Crippen LogP contribution in [0.2, 0.25) is 0 Å². The summed E-state index contributed by atoms with van der Waals surface area (Å²) in [6.45, 7) is 2.67. The maximum absolute atomic E-state index is 12.1. The first-order valence-corrected chi connectivity index (χ1v) is 8.05. The molecule has 0 saturated heterocycles. The van der Waals surface area contributed by atoms with Gasteiger partial charge in [0.15, 0.2) is 0 Å². The Kier molecular flexibility index (Phi) is 6.71. The van der Waals surface area contributed by atoms with E-state index in [2.05, 4.69) is 12.2 Å². The van der Waals surface area contributed by atoms with E-state index in [0.29, 0.717) is 23.6 Å². The zero-order valence-corrected chi connectivity index (χ0v) is 14.0. The number of carbonyl (C=O) groups is 1. The summed E-state index contributed by atoms with van der Waals surface area (Å²) in [4.78, 5) is 22.4. The average Bonchev–Trinajstić information content (AvgIpc) is 2.62. The molecule has 0 aliphatic rings. The standard InChI is InChI=1S/C19H20N2O4/c1-2-3-13-25-18-10-5-4-9-17(18)20-19(22)12-11-15-7-6-8-16(14-15)21(23)24/h4-12,14H,2-3,13H2,1H3,(H,20,22)/b12-11+. The molecule has 0 spiro atoms. The Bertz CT molecular complexity index is 772. The predicted octanol–water partition coefficient (Wildman–Crippen LogP) is 4.43. The fourth-order valence-electron chi connectivity index (χ4n) is 2.11. The third-order valence-corrected chi connectivity index (χ3v) is 3.41. The van der Waals surface area contributed by atoms with Crippen molar-refractivity contribution in [3.8, 4) is 5.75 Å². The van der Waals surface area contributed by atoms with E-state index in [-0.39, 0.29) is 11.6 Å². The summed E-state index contributed by atoms with van der Waals surface area (Å²) in [5.41, 5.74) is 1.15. The van der Waals surface area contributed by atoms with Gasteiger partial charge in [0.05, 0.1) is 17.2 Å². The number of rotatable bonds is 8. The number of unbranched alkanes of at least 4 members (excludes halogenated alkanes) is 1. The number of nitrogens with one attached hydrogen (secondary N) is 1. The van der Waals surface area contributed by atoms with Crippen LogP contribution in [0.15, 0.2) is 54.6 Å². The van der Waals surface area contributed by atoms with E-state index in [1.807, 2.05) is 12.1 Å². The van der Waals surface area contributed by atoms with Crippen LogP contribution in [0.3, 0.4) is 0 Å². The molecule has 0 aromatic heterocycles. The molecule has 0 radical (unpaired) electrons. The molecular weight excluding hydrogens is 320 g/mol. The van der Waals surface area contributed by atoms with Crippen molar-refractivity contribution < 1.29 is 14.5 Å². The van der Waals surface area contributed by atoms with E-state index in [1.54, 1.807) is 24.3 Å². The number of ether oxygens (including phenoxy) is 1. The molecule has 1 amide bonds. The molecule has 0 saturated carbocycles. The molecule has 0 atom stereocenters. The lowest BCUT2D eigenvalue weighted by atomic mass is 10.2. The Morgan fingerprint density at radius 3 is 2.80 bits per heavy atom. The highest BCUT2D eigenvalue weighted by Gasteiger charge is 2.06. The number of non-ortho nitro benzene ring substituents is 1. The number of anilines is 1. The van der Waals surface area contributed by atoms with Crippen molar-refractivity contribution in [1.82, 2.24) is 0 Å². The zero-order valence-electron chi connectivity index (χ0n) is 14.0. The Hall–Kier alpha value is -3.15. The Morgan fingerprint density at radius 1 is 1.24 bits per heavy atom. The smallest absolute Gasteiger partial charge is 0.270 e. The largest absolute Gasteiger partial charge is 0.491 e. The first-order valence-electron chi connectivity index (χ1n) is 8.05. The van der Waals surface area contributed by atoms with Crippen molar-refractivity contribution in [3.63, 3.8) is 0 Å². The van der Waals surface area contributed by atoms with E-state index in [9.17, 15) is 14.9 Å². The van der Waals surface area contributed by atoms with Gasteiger partial charge in [-0.1, -0.05) is 37.6 Å². The molecule has 6 nitrogen and oxygen atoms in total. The first kappa shape index (κ1) is 18.2. The molecule has 2 aromatic carbocycles. The lowest BCUT2D eigenvalue weighted by Gasteiger charge is -2.11. The fourth-order valence-corrected chi connectivity index (χ4v) is 2.11. The van der Waals surface area contributed by atoms with Crippen LogP contribution in [0, 0.1) is 10.1 Å². The van der Waals surface area contributed by atoms with Gasteiger partial charge in [-0.25, -0.2) is 0 Å². The third kappa shape index (κ3) is 5.76. The molecule has 25 heavy (non-hydrogen) atoms. The van der Waals surface area contributed by atoms with Gasteiger partial charge in [-0.2, -0.15) is 0 Å². The lowest BCUT2D eigenvalue weighted by Crippen LogP contribution is -2.09. The van der Waals surface area contributed by atoms with Gasteiger partial charge in [-0.05, 0) is 30.2 Å². The number of nitrogens with zero attached hydrogens (tertiary/aromatic N) is 1. The summed E-state index contributed by atoms with van der Waals surface area (Å²) in [6, 6.07) is 13.3. The summed E-state index contributed by atoms with van der Waals surface area (Å²) in [6.07, 6.45) is 4.83. The minimum Gasteiger partial charge on any atom is -0.491 e. The van der Waals surface area contributed by atoms with Crippen LogP contribution >= 0.6 is 0 Å². The zero-order chi connectivity index (χ0) is 18.1. The summed E-state index contributed by atoms with van der Waals surface area (Å²) < 4.78 is 5.67. The summed E-state index contributed by atoms with van der Waals surface area (Å²) >= 11 is 0. The van der Waals surface area contributed by atoms with Crippen molar-refractivity contribution in [1.29, 1.82) is 0 Å². The molecule has 6 heteroatoms. The monoisotopic (exact) mass is 340 g/mol. The van der Waals surface area contributed by atoms with Gasteiger partial charge in [-0.3, -0.25) is 14.9 Å². The molecule has 0 heterocycles. The highest BCUT2D eigenvalue weighted by atomic mass is 16.6. The molecule has 0 bridgehead atoms. The number of hydrogen-bond acceptors (Lipinski definition) is 4. The van der Waals surface area contributed by atoms with Crippen molar-refractivity contribution >= 4 is 23.4 Å². The maximum atomic E-state index is 12.1. The molecule has 2 aromatic rings. The molecule has 0 fully saturated rings. The summed E-state index contributed by atoms with van der Waals surface area (Å²) in [5.74, 6) is 0.283. The molecule has 130 valence electrons. The molecule has 1 N–H and O–H groups in total. The molecule has 2 rings (SSSR count). The molecule has 0 unspecified atom stereocenters. The normalized spacial score (nSPS) is 10.6. The van der Waals surface area contributed by atoms with Crippen LogP contribution in [0.5, 0.6) is 5.75 Å². The number of nitro groups is 1. The molecule has 0 aliphatic heterocycles. The topological polar surface area (TPSA) is 81.5 Å². The predicted molar refractivity (Wildman–Crippen MR) is 97.6 cm³/mol. The van der Waals surface area contributed by atoms with E-state index < -0.39 is 4.92 Å². The SMILES string of the molecule is CCCCOc1ccccc1NC(=O)/C=C/c1cccc([N+](=O)[O-])c1. The second kappa shape index (κ2) is 9.22. The Morgan fingerprint density at radius 2 is 2.04 bits per heavy atom. The highest BCUT2D eigenvalue weighted by Crippen LogP contribution is 2.24. The Balaban J connectivity index is 2.03. The number of carbonyl (C=O) groups excluding carboxylic acids is 1. The van der Waals surface area contributed by atoms with Gasteiger partial charge in [0, 0.05) is 18.2 Å². The molecule has 0 aliphatic carbocycles. The van der Waals surface area contributed by atoms with Gasteiger partial charge in [-0.15, -0.1) is 0 Å². The summed E-state index contributed by atoms with van der Waals surface area (Å²) in [5, 5.41) is 13.5.